The quantitative estimate of drug-likeness (QED) is 0.841. The van der Waals surface area contributed by atoms with Gasteiger partial charge in [-0.1, -0.05) is 0 Å². The van der Waals surface area contributed by atoms with Crippen LogP contribution in [0.15, 0.2) is 12.1 Å². The van der Waals surface area contributed by atoms with Crippen molar-refractivity contribution >= 4 is 23.0 Å². The van der Waals surface area contributed by atoms with Crippen LogP contribution in [0.3, 0.4) is 0 Å². The van der Waals surface area contributed by atoms with Crippen molar-refractivity contribution in [3.05, 3.63) is 12.1 Å². The molecule has 0 aliphatic rings. The van der Waals surface area contributed by atoms with Gasteiger partial charge < -0.3 is 24.5 Å². The summed E-state index contributed by atoms with van der Waals surface area (Å²) in [5.74, 6) is 0.728. The van der Waals surface area contributed by atoms with Gasteiger partial charge in [-0.05, 0) is 0 Å². The number of aliphatic carboxylic acids is 1. The minimum atomic E-state index is -0.918. The largest absolute Gasteiger partial charge is 0.493 e. The van der Waals surface area contributed by atoms with Crippen molar-refractivity contribution in [2.75, 3.05) is 32.7 Å². The van der Waals surface area contributed by atoms with E-state index in [1.54, 1.807) is 33.4 Å². The molecule has 1 aromatic heterocycles. The summed E-state index contributed by atoms with van der Waals surface area (Å²) >= 11 is 0. The van der Waals surface area contributed by atoms with Gasteiger partial charge in [0.2, 0.25) is 5.95 Å². The Labute approximate surface area is 109 Å². The molecule has 19 heavy (non-hydrogen) atoms. The van der Waals surface area contributed by atoms with Gasteiger partial charge in [0, 0.05) is 19.2 Å². The number of carboxylic acid groups (broad SMARTS) is 1. The Balaban J connectivity index is 2.42. The average molecular weight is 265 g/mol. The number of likely N-dealkylation sites (N-methyl/N-ethyl adjacent to an activating group) is 1. The van der Waals surface area contributed by atoms with E-state index in [-0.39, 0.29) is 6.54 Å². The molecular formula is C12H15N3O4. The molecule has 7 heteroatoms. The van der Waals surface area contributed by atoms with Crippen molar-refractivity contribution in [3.8, 4) is 11.5 Å². The predicted molar refractivity (Wildman–Crippen MR) is 70.1 cm³/mol. The minimum absolute atomic E-state index is 0.131. The Morgan fingerprint density at radius 2 is 2.00 bits per heavy atom. The molecule has 2 aromatic rings. The topological polar surface area (TPSA) is 87.7 Å². The number of anilines is 1. The molecule has 0 saturated heterocycles. The number of aromatic nitrogens is 2. The summed E-state index contributed by atoms with van der Waals surface area (Å²) in [7, 11) is 4.76. The normalized spacial score (nSPS) is 10.5. The van der Waals surface area contributed by atoms with Crippen LogP contribution in [0.2, 0.25) is 0 Å². The van der Waals surface area contributed by atoms with Crippen molar-refractivity contribution in [1.82, 2.24) is 9.97 Å². The second-order valence-electron chi connectivity index (χ2n) is 4.03. The van der Waals surface area contributed by atoms with Crippen molar-refractivity contribution in [1.29, 1.82) is 0 Å². The fourth-order valence-corrected chi connectivity index (χ4v) is 1.78. The van der Waals surface area contributed by atoms with E-state index in [1.165, 1.54) is 4.90 Å². The summed E-state index contributed by atoms with van der Waals surface area (Å²) in [6.45, 7) is -0.131. The maximum Gasteiger partial charge on any atom is 0.323 e. The number of hydrogen-bond acceptors (Lipinski definition) is 5. The van der Waals surface area contributed by atoms with Gasteiger partial charge in [-0.2, -0.15) is 0 Å². The number of benzene rings is 1. The third-order valence-corrected chi connectivity index (χ3v) is 2.71. The lowest BCUT2D eigenvalue weighted by Crippen LogP contribution is -2.25. The van der Waals surface area contributed by atoms with Crippen LogP contribution in [0.1, 0.15) is 0 Å². The zero-order chi connectivity index (χ0) is 14.0. The number of nitrogens with one attached hydrogen (secondary N) is 1. The maximum atomic E-state index is 10.7. The fraction of sp³-hybridized carbons (Fsp3) is 0.333. The second kappa shape index (κ2) is 5.05. The zero-order valence-electron chi connectivity index (χ0n) is 10.9. The van der Waals surface area contributed by atoms with Gasteiger partial charge in [-0.3, -0.25) is 4.79 Å². The Kier molecular flexibility index (Phi) is 3.46. The van der Waals surface area contributed by atoms with E-state index >= 15 is 0 Å². The summed E-state index contributed by atoms with van der Waals surface area (Å²) in [5, 5.41) is 8.76. The van der Waals surface area contributed by atoms with Crippen molar-refractivity contribution in [2.24, 2.45) is 0 Å². The number of ether oxygens (including phenoxy) is 2. The number of methoxy groups -OCH3 is 2. The first-order valence-electron chi connectivity index (χ1n) is 5.59. The van der Waals surface area contributed by atoms with E-state index < -0.39 is 5.97 Å². The van der Waals surface area contributed by atoms with E-state index in [0.29, 0.717) is 23.0 Å². The summed E-state index contributed by atoms with van der Waals surface area (Å²) < 4.78 is 10.4. The Bertz CT molecular complexity index is 567. The molecule has 0 spiro atoms. The van der Waals surface area contributed by atoms with Gasteiger partial charge in [-0.25, -0.2) is 4.98 Å². The van der Waals surface area contributed by atoms with Crippen LogP contribution in [0.5, 0.6) is 11.5 Å². The number of carboxylic acids is 1. The molecule has 102 valence electrons. The second-order valence-corrected chi connectivity index (χ2v) is 4.03. The molecule has 7 nitrogen and oxygen atoms in total. The molecule has 0 saturated carbocycles. The van der Waals surface area contributed by atoms with Gasteiger partial charge in [-0.15, -0.1) is 0 Å². The first kappa shape index (κ1) is 13.0. The van der Waals surface area contributed by atoms with Crippen molar-refractivity contribution in [2.45, 2.75) is 0 Å². The molecule has 2 N–H and O–H groups in total. The highest BCUT2D eigenvalue weighted by Crippen LogP contribution is 2.31. The highest BCUT2D eigenvalue weighted by Gasteiger charge is 2.13. The van der Waals surface area contributed by atoms with Crippen LogP contribution in [-0.4, -0.2) is 48.9 Å². The van der Waals surface area contributed by atoms with E-state index in [4.69, 9.17) is 14.6 Å². The van der Waals surface area contributed by atoms with Crippen LogP contribution >= 0.6 is 0 Å². The molecule has 2 rings (SSSR count). The van der Waals surface area contributed by atoms with E-state index in [1.807, 2.05) is 0 Å². The van der Waals surface area contributed by atoms with Crippen molar-refractivity contribution in [3.63, 3.8) is 0 Å². The van der Waals surface area contributed by atoms with Crippen LogP contribution in [0.4, 0.5) is 5.95 Å². The third kappa shape index (κ3) is 2.54. The SMILES string of the molecule is COc1cc2nc(N(C)CC(=O)O)[nH]c2cc1OC. The van der Waals surface area contributed by atoms with E-state index in [0.717, 1.165) is 5.52 Å². The van der Waals surface area contributed by atoms with Gasteiger partial charge in [0.1, 0.15) is 6.54 Å². The van der Waals surface area contributed by atoms with Crippen molar-refractivity contribution < 1.29 is 19.4 Å². The number of carbonyl (C=O) groups is 1. The Morgan fingerprint density at radius 1 is 1.37 bits per heavy atom. The first-order chi connectivity index (χ1) is 9.05. The molecule has 0 unspecified atom stereocenters. The number of fused-ring (bicyclic) bond motifs is 1. The summed E-state index contributed by atoms with van der Waals surface area (Å²) in [6.07, 6.45) is 0. The van der Waals surface area contributed by atoms with Crippen LogP contribution in [0.25, 0.3) is 11.0 Å². The molecule has 0 fully saturated rings. The Hall–Kier alpha value is -2.44. The molecular weight excluding hydrogens is 250 g/mol. The van der Waals surface area contributed by atoms with Gasteiger partial charge >= 0.3 is 5.97 Å². The van der Waals surface area contributed by atoms with Crippen LogP contribution in [-0.2, 0) is 4.79 Å². The number of nitrogens with zero attached hydrogens (tertiary/aromatic N) is 2. The van der Waals surface area contributed by atoms with Gasteiger partial charge in [0.15, 0.2) is 11.5 Å². The van der Waals surface area contributed by atoms with E-state index in [2.05, 4.69) is 9.97 Å². The predicted octanol–water partition coefficient (Wildman–Crippen LogP) is 1.10. The van der Waals surface area contributed by atoms with E-state index in [9.17, 15) is 4.79 Å². The monoisotopic (exact) mass is 265 g/mol. The first-order valence-corrected chi connectivity index (χ1v) is 5.59. The number of H-pyrrole nitrogens is 1. The molecule has 1 aromatic carbocycles. The molecule has 1 heterocycles. The summed E-state index contributed by atoms with van der Waals surface area (Å²) in [5.41, 5.74) is 1.44. The van der Waals surface area contributed by atoms with Gasteiger partial charge in [0.05, 0.1) is 25.3 Å². The maximum absolute atomic E-state index is 10.7. The summed E-state index contributed by atoms with van der Waals surface area (Å²) in [4.78, 5) is 19.6. The number of aromatic amines is 1. The number of hydrogen-bond donors (Lipinski definition) is 2. The fourth-order valence-electron chi connectivity index (χ4n) is 1.78. The molecule has 0 aliphatic heterocycles. The van der Waals surface area contributed by atoms with Crippen LogP contribution < -0.4 is 14.4 Å². The number of imidazole rings is 1. The minimum Gasteiger partial charge on any atom is -0.493 e. The zero-order valence-corrected chi connectivity index (χ0v) is 10.9. The molecule has 0 bridgehead atoms. The summed E-state index contributed by atoms with van der Waals surface area (Å²) in [6, 6.07) is 3.50. The van der Waals surface area contributed by atoms with Gasteiger partial charge in [0.25, 0.3) is 0 Å². The lowest BCUT2D eigenvalue weighted by Gasteiger charge is -2.11. The smallest absolute Gasteiger partial charge is 0.323 e. The lowest BCUT2D eigenvalue weighted by atomic mass is 10.3. The Morgan fingerprint density at radius 3 is 2.58 bits per heavy atom. The molecule has 0 radical (unpaired) electrons. The highest BCUT2D eigenvalue weighted by atomic mass is 16.5. The average Bonchev–Trinajstić information content (AvgIpc) is 2.78. The van der Waals surface area contributed by atoms with Crippen LogP contribution in [0, 0.1) is 0 Å². The number of rotatable bonds is 5. The molecule has 0 aliphatic carbocycles. The highest BCUT2D eigenvalue weighted by molar-refractivity contribution is 5.82. The lowest BCUT2D eigenvalue weighted by molar-refractivity contribution is -0.135. The molecule has 0 atom stereocenters. The standard InChI is InChI=1S/C12H15N3O4/c1-15(6-11(16)17)12-13-7-4-9(18-2)10(19-3)5-8(7)14-12/h4-5H,6H2,1-3H3,(H,13,14)(H,16,17). The third-order valence-electron chi connectivity index (χ3n) is 2.71. The molecule has 0 amide bonds.